The van der Waals surface area contributed by atoms with E-state index in [1.165, 1.54) is 56.9 Å². The van der Waals surface area contributed by atoms with E-state index in [1.807, 2.05) is 13.8 Å². The Morgan fingerprint density at radius 2 is 1.44 bits per heavy atom. The van der Waals surface area contributed by atoms with Gasteiger partial charge in [-0.05, 0) is 38.7 Å². The van der Waals surface area contributed by atoms with Crippen LogP contribution in [0.15, 0.2) is 30.3 Å². The zero-order chi connectivity index (χ0) is 19.6. The van der Waals surface area contributed by atoms with Gasteiger partial charge in [0.15, 0.2) is 0 Å². The van der Waals surface area contributed by atoms with Gasteiger partial charge < -0.3 is 5.11 Å². The van der Waals surface area contributed by atoms with Crippen molar-refractivity contribution in [3.63, 3.8) is 0 Å². The molecule has 0 aliphatic carbocycles. The van der Waals surface area contributed by atoms with Crippen LogP contribution in [0.4, 0.5) is 0 Å². The number of benzene rings is 1. The first-order chi connectivity index (χ1) is 12.9. The second-order valence-electron chi connectivity index (χ2n) is 8.63. The van der Waals surface area contributed by atoms with E-state index in [0.717, 1.165) is 12.8 Å². The number of aliphatic carboxylic acids is 1. The Hall–Kier alpha value is -1.39. The molecule has 1 aliphatic heterocycles. The fraction of sp³-hybridized carbons (Fsp3) is 0.696. The highest BCUT2D eigenvalue weighted by Gasteiger charge is 2.47. The third-order valence-electron chi connectivity index (χ3n) is 5.48. The highest BCUT2D eigenvalue weighted by atomic mass is 17.2. The lowest BCUT2D eigenvalue weighted by Gasteiger charge is -2.21. The van der Waals surface area contributed by atoms with Crippen LogP contribution in [-0.4, -0.2) is 22.3 Å². The number of unbranched alkanes of at least 4 members (excludes halogenated alkanes) is 7. The van der Waals surface area contributed by atoms with Crippen LogP contribution in [0, 0.1) is 0 Å². The van der Waals surface area contributed by atoms with Crippen LogP contribution in [0.25, 0.3) is 0 Å². The maximum Gasteiger partial charge on any atom is 0.306 e. The van der Waals surface area contributed by atoms with Crippen LogP contribution < -0.4 is 0 Å². The van der Waals surface area contributed by atoms with Crippen LogP contribution in [0.5, 0.6) is 0 Å². The number of carboxylic acid groups (broad SMARTS) is 1. The van der Waals surface area contributed by atoms with E-state index in [-0.39, 0.29) is 12.0 Å². The summed E-state index contributed by atoms with van der Waals surface area (Å²) in [5.74, 6) is -0.839. The minimum Gasteiger partial charge on any atom is -0.481 e. The average Bonchev–Trinajstić information content (AvgIpc) is 2.91. The van der Waals surface area contributed by atoms with Crippen molar-refractivity contribution in [1.29, 1.82) is 0 Å². The molecule has 2 atom stereocenters. The SMILES string of the molecule is C[C@]1(CCCCCCCCCCc2ccccc2)C[C@](C)(CC(=O)O)OO1. The van der Waals surface area contributed by atoms with Gasteiger partial charge in [0.25, 0.3) is 0 Å². The lowest BCUT2D eigenvalue weighted by atomic mass is 9.85. The summed E-state index contributed by atoms with van der Waals surface area (Å²) in [4.78, 5) is 21.8. The van der Waals surface area contributed by atoms with E-state index < -0.39 is 11.6 Å². The molecule has 1 aromatic carbocycles. The van der Waals surface area contributed by atoms with Crippen molar-refractivity contribution in [2.24, 2.45) is 0 Å². The molecule has 0 radical (unpaired) electrons. The van der Waals surface area contributed by atoms with Gasteiger partial charge >= 0.3 is 5.97 Å². The summed E-state index contributed by atoms with van der Waals surface area (Å²) in [5, 5.41) is 8.98. The summed E-state index contributed by atoms with van der Waals surface area (Å²) in [6.45, 7) is 3.86. The van der Waals surface area contributed by atoms with Crippen molar-refractivity contribution in [2.45, 2.75) is 102 Å². The quantitative estimate of drug-likeness (QED) is 0.334. The Labute approximate surface area is 164 Å². The molecule has 27 heavy (non-hydrogen) atoms. The fourth-order valence-corrected chi connectivity index (χ4v) is 4.13. The molecule has 0 saturated carbocycles. The van der Waals surface area contributed by atoms with Gasteiger partial charge in [-0.25, -0.2) is 9.78 Å². The summed E-state index contributed by atoms with van der Waals surface area (Å²) in [5.41, 5.74) is 0.408. The molecule has 2 rings (SSSR count). The molecule has 0 spiro atoms. The van der Waals surface area contributed by atoms with E-state index in [0.29, 0.717) is 6.42 Å². The molecule has 1 heterocycles. The molecular weight excluding hydrogens is 340 g/mol. The molecule has 1 saturated heterocycles. The number of hydrogen-bond acceptors (Lipinski definition) is 3. The van der Waals surface area contributed by atoms with Gasteiger partial charge in [0.1, 0.15) is 11.2 Å². The van der Waals surface area contributed by atoms with E-state index >= 15 is 0 Å². The van der Waals surface area contributed by atoms with Crippen LogP contribution in [0.3, 0.4) is 0 Å². The molecule has 4 nitrogen and oxygen atoms in total. The average molecular weight is 377 g/mol. The van der Waals surface area contributed by atoms with E-state index in [4.69, 9.17) is 14.9 Å². The van der Waals surface area contributed by atoms with Gasteiger partial charge in [0.05, 0.1) is 6.42 Å². The van der Waals surface area contributed by atoms with Gasteiger partial charge in [-0.2, -0.15) is 0 Å². The first-order valence-electron chi connectivity index (χ1n) is 10.5. The smallest absolute Gasteiger partial charge is 0.306 e. The monoisotopic (exact) mass is 376 g/mol. The number of rotatable bonds is 13. The molecule has 0 aromatic heterocycles. The second-order valence-corrected chi connectivity index (χ2v) is 8.63. The topological polar surface area (TPSA) is 55.8 Å². The largest absolute Gasteiger partial charge is 0.481 e. The molecule has 0 bridgehead atoms. The molecule has 1 aliphatic rings. The van der Waals surface area contributed by atoms with Crippen molar-refractivity contribution in [2.75, 3.05) is 0 Å². The zero-order valence-corrected chi connectivity index (χ0v) is 17.0. The Kier molecular flexibility index (Phi) is 8.78. The molecule has 152 valence electrons. The van der Waals surface area contributed by atoms with E-state index in [9.17, 15) is 4.79 Å². The Morgan fingerprint density at radius 1 is 0.889 bits per heavy atom. The Morgan fingerprint density at radius 3 is 2.07 bits per heavy atom. The van der Waals surface area contributed by atoms with Gasteiger partial charge in [-0.1, -0.05) is 75.3 Å². The minimum atomic E-state index is -0.839. The van der Waals surface area contributed by atoms with Gasteiger partial charge in [-0.3, -0.25) is 4.79 Å². The van der Waals surface area contributed by atoms with Crippen molar-refractivity contribution in [1.82, 2.24) is 0 Å². The first-order valence-corrected chi connectivity index (χ1v) is 10.5. The van der Waals surface area contributed by atoms with Crippen LogP contribution in [0.1, 0.15) is 90.0 Å². The maximum atomic E-state index is 10.9. The number of aryl methyl sites for hydroxylation is 1. The predicted octanol–water partition coefficient (Wildman–Crippen LogP) is 6.08. The molecule has 1 aromatic rings. The van der Waals surface area contributed by atoms with Crippen molar-refractivity contribution in [3.8, 4) is 0 Å². The molecule has 1 fully saturated rings. The minimum absolute atomic E-state index is 0.00708. The van der Waals surface area contributed by atoms with Gasteiger partial charge in [-0.15, -0.1) is 0 Å². The third-order valence-corrected chi connectivity index (χ3v) is 5.48. The zero-order valence-electron chi connectivity index (χ0n) is 17.0. The second kappa shape index (κ2) is 10.8. The van der Waals surface area contributed by atoms with Crippen molar-refractivity contribution in [3.05, 3.63) is 35.9 Å². The Bertz CT molecular complexity index is 559. The molecule has 4 heteroatoms. The number of hydrogen-bond donors (Lipinski definition) is 1. The summed E-state index contributed by atoms with van der Waals surface area (Å²) < 4.78 is 0. The summed E-state index contributed by atoms with van der Waals surface area (Å²) in [6.07, 6.45) is 12.9. The Balaban J connectivity index is 1.45. The summed E-state index contributed by atoms with van der Waals surface area (Å²) >= 11 is 0. The van der Waals surface area contributed by atoms with Crippen molar-refractivity contribution >= 4 is 5.97 Å². The first kappa shape index (κ1) is 21.9. The molecule has 0 amide bonds. The lowest BCUT2D eigenvalue weighted by molar-refractivity contribution is -0.345. The van der Waals surface area contributed by atoms with Crippen LogP contribution in [0.2, 0.25) is 0 Å². The summed E-state index contributed by atoms with van der Waals surface area (Å²) in [6, 6.07) is 10.7. The maximum absolute atomic E-state index is 10.9. The van der Waals surface area contributed by atoms with Gasteiger partial charge in [0.2, 0.25) is 0 Å². The standard InChI is InChI=1S/C23H36O4/c1-22(19-23(2,27-26-22)18-21(24)25)17-13-8-6-4-3-5-7-10-14-20-15-11-9-12-16-20/h9,11-12,15-16H,3-8,10,13-14,17-19H2,1-2H3,(H,24,25)/t22-,23-/m0/s1. The highest BCUT2D eigenvalue weighted by molar-refractivity contribution is 5.68. The molecular formula is C23H36O4. The van der Waals surface area contributed by atoms with Crippen molar-refractivity contribution < 1.29 is 19.7 Å². The molecule has 1 N–H and O–H groups in total. The van der Waals surface area contributed by atoms with Gasteiger partial charge in [0, 0.05) is 6.42 Å². The van der Waals surface area contributed by atoms with Crippen LogP contribution >= 0.6 is 0 Å². The summed E-state index contributed by atoms with van der Waals surface area (Å²) in [7, 11) is 0. The fourth-order valence-electron chi connectivity index (χ4n) is 4.13. The van der Waals surface area contributed by atoms with E-state index in [1.54, 1.807) is 0 Å². The number of carbonyl (C=O) groups is 1. The highest BCUT2D eigenvalue weighted by Crippen LogP contribution is 2.40. The van der Waals surface area contributed by atoms with Crippen LogP contribution in [-0.2, 0) is 21.0 Å². The predicted molar refractivity (Wildman–Crippen MR) is 108 cm³/mol. The van der Waals surface area contributed by atoms with E-state index in [2.05, 4.69) is 30.3 Å². The molecule has 0 unspecified atom stereocenters. The third kappa shape index (κ3) is 8.44. The lowest BCUT2D eigenvalue weighted by Crippen LogP contribution is -2.30. The number of carboxylic acids is 1. The normalized spacial score (nSPS) is 25.0.